The molecule has 6 nitrogen and oxygen atoms in total. The zero-order chi connectivity index (χ0) is 15.9. The SMILES string of the molecule is CCC1CCCCN1S(=O)(=O)c1ccc2c(c1)oc(=O)n2C. The summed E-state index contributed by atoms with van der Waals surface area (Å²) in [5.74, 6) is -0.492. The van der Waals surface area contributed by atoms with Gasteiger partial charge >= 0.3 is 5.76 Å². The van der Waals surface area contributed by atoms with Gasteiger partial charge in [0.15, 0.2) is 5.58 Å². The molecule has 0 N–H and O–H groups in total. The molecule has 0 aliphatic carbocycles. The Kier molecular flexibility index (Phi) is 3.86. The lowest BCUT2D eigenvalue weighted by Crippen LogP contribution is -2.43. The van der Waals surface area contributed by atoms with Gasteiger partial charge in [-0.05, 0) is 31.4 Å². The summed E-state index contributed by atoms with van der Waals surface area (Å²) >= 11 is 0. The van der Waals surface area contributed by atoms with Crippen LogP contribution in [0.15, 0.2) is 32.3 Å². The number of rotatable bonds is 3. The monoisotopic (exact) mass is 324 g/mol. The van der Waals surface area contributed by atoms with Crippen LogP contribution >= 0.6 is 0 Å². The molecular weight excluding hydrogens is 304 g/mol. The number of aryl methyl sites for hydroxylation is 1. The van der Waals surface area contributed by atoms with E-state index in [4.69, 9.17) is 4.42 Å². The molecule has 1 saturated heterocycles. The first-order valence-corrected chi connectivity index (χ1v) is 9.00. The number of benzene rings is 1. The molecule has 2 heterocycles. The fourth-order valence-corrected chi connectivity index (χ4v) is 4.89. The van der Waals surface area contributed by atoms with E-state index in [1.54, 1.807) is 23.5 Å². The Labute approximate surface area is 129 Å². The van der Waals surface area contributed by atoms with Crippen LogP contribution in [0.2, 0.25) is 0 Å². The maximum atomic E-state index is 12.9. The molecule has 1 aliphatic rings. The van der Waals surface area contributed by atoms with Crippen LogP contribution in [0.5, 0.6) is 0 Å². The van der Waals surface area contributed by atoms with Crippen LogP contribution in [0.3, 0.4) is 0 Å². The van der Waals surface area contributed by atoms with Gasteiger partial charge in [-0.25, -0.2) is 13.2 Å². The second kappa shape index (κ2) is 5.55. The third-order valence-corrected chi connectivity index (χ3v) is 6.36. The molecular formula is C15H20N2O4S. The Morgan fingerprint density at radius 2 is 2.09 bits per heavy atom. The van der Waals surface area contributed by atoms with Crippen LogP contribution in [-0.4, -0.2) is 29.9 Å². The highest BCUT2D eigenvalue weighted by molar-refractivity contribution is 7.89. The molecule has 0 amide bonds. The van der Waals surface area contributed by atoms with Gasteiger partial charge in [-0.1, -0.05) is 13.3 Å². The van der Waals surface area contributed by atoms with E-state index in [-0.39, 0.29) is 10.9 Å². The average molecular weight is 324 g/mol. The van der Waals surface area contributed by atoms with Crippen LogP contribution in [-0.2, 0) is 17.1 Å². The summed E-state index contributed by atoms with van der Waals surface area (Å²) in [6.07, 6.45) is 3.66. The molecule has 0 radical (unpaired) electrons. The summed E-state index contributed by atoms with van der Waals surface area (Å²) in [5.41, 5.74) is 0.897. The standard InChI is InChI=1S/C15H20N2O4S/c1-3-11-6-4-5-9-17(11)22(19,20)12-7-8-13-14(10-12)21-15(18)16(13)2/h7-8,10-11H,3-6,9H2,1-2H3. The van der Waals surface area contributed by atoms with Crippen molar-refractivity contribution in [3.05, 3.63) is 28.7 Å². The van der Waals surface area contributed by atoms with Crippen molar-refractivity contribution in [3.8, 4) is 0 Å². The second-order valence-electron chi connectivity index (χ2n) is 5.73. The van der Waals surface area contributed by atoms with Gasteiger partial charge in [-0.15, -0.1) is 0 Å². The number of piperidine rings is 1. The zero-order valence-electron chi connectivity index (χ0n) is 12.8. The van der Waals surface area contributed by atoms with Gasteiger partial charge in [-0.2, -0.15) is 4.31 Å². The van der Waals surface area contributed by atoms with Gasteiger partial charge in [-0.3, -0.25) is 4.57 Å². The van der Waals surface area contributed by atoms with E-state index in [1.165, 1.54) is 10.6 Å². The minimum atomic E-state index is -3.56. The predicted octanol–water partition coefficient (Wildman–Crippen LogP) is 2.08. The first kappa shape index (κ1) is 15.3. The van der Waals surface area contributed by atoms with E-state index in [9.17, 15) is 13.2 Å². The fourth-order valence-electron chi connectivity index (χ4n) is 3.11. The van der Waals surface area contributed by atoms with Crippen molar-refractivity contribution in [1.82, 2.24) is 8.87 Å². The highest BCUT2D eigenvalue weighted by Gasteiger charge is 2.32. The molecule has 0 saturated carbocycles. The van der Waals surface area contributed by atoms with Crippen molar-refractivity contribution in [2.24, 2.45) is 7.05 Å². The van der Waals surface area contributed by atoms with Crippen LogP contribution < -0.4 is 5.76 Å². The highest BCUT2D eigenvalue weighted by atomic mass is 32.2. The average Bonchev–Trinajstić information content (AvgIpc) is 2.81. The predicted molar refractivity (Wildman–Crippen MR) is 83.3 cm³/mol. The molecule has 7 heteroatoms. The van der Waals surface area contributed by atoms with Gasteiger partial charge in [0.2, 0.25) is 10.0 Å². The van der Waals surface area contributed by atoms with E-state index in [1.807, 2.05) is 6.92 Å². The van der Waals surface area contributed by atoms with E-state index < -0.39 is 15.8 Å². The largest absolute Gasteiger partial charge is 0.419 e. The first-order chi connectivity index (χ1) is 10.4. The summed E-state index contributed by atoms with van der Waals surface area (Å²) in [4.78, 5) is 11.7. The molecule has 120 valence electrons. The van der Waals surface area contributed by atoms with Crippen LogP contribution in [0, 0.1) is 0 Å². The van der Waals surface area contributed by atoms with E-state index >= 15 is 0 Å². The molecule has 1 fully saturated rings. The molecule has 0 bridgehead atoms. The maximum Gasteiger partial charge on any atom is 0.419 e. The molecule has 22 heavy (non-hydrogen) atoms. The molecule has 0 spiro atoms. The summed E-state index contributed by atoms with van der Waals surface area (Å²) in [5, 5.41) is 0. The number of hydrogen-bond donors (Lipinski definition) is 0. The summed E-state index contributed by atoms with van der Waals surface area (Å²) < 4.78 is 33.8. The fraction of sp³-hybridized carbons (Fsp3) is 0.533. The molecule has 1 aromatic heterocycles. The minimum absolute atomic E-state index is 0.0530. The van der Waals surface area contributed by atoms with Gasteiger partial charge < -0.3 is 4.42 Å². The second-order valence-corrected chi connectivity index (χ2v) is 7.62. The Morgan fingerprint density at radius 3 is 2.82 bits per heavy atom. The first-order valence-electron chi connectivity index (χ1n) is 7.56. The van der Waals surface area contributed by atoms with Gasteiger partial charge in [0.1, 0.15) is 0 Å². The third kappa shape index (κ3) is 2.38. The minimum Gasteiger partial charge on any atom is -0.408 e. The lowest BCUT2D eigenvalue weighted by molar-refractivity contribution is 0.246. The van der Waals surface area contributed by atoms with Gasteiger partial charge in [0.25, 0.3) is 0 Å². The van der Waals surface area contributed by atoms with Crippen LogP contribution in [0.4, 0.5) is 0 Å². The topological polar surface area (TPSA) is 72.5 Å². The van der Waals surface area contributed by atoms with Crippen LogP contribution in [0.1, 0.15) is 32.6 Å². The molecule has 1 atom stereocenters. The summed E-state index contributed by atoms with van der Waals surface area (Å²) in [6, 6.07) is 4.68. The van der Waals surface area contributed by atoms with Crippen molar-refractivity contribution in [3.63, 3.8) is 0 Å². The quantitative estimate of drug-likeness (QED) is 0.866. The Bertz CT molecular complexity index is 850. The normalized spacial score (nSPS) is 20.5. The molecule has 1 aromatic carbocycles. The Balaban J connectivity index is 2.06. The summed E-state index contributed by atoms with van der Waals surface area (Å²) in [7, 11) is -1.96. The Hall–Kier alpha value is -1.60. The third-order valence-electron chi connectivity index (χ3n) is 4.41. The van der Waals surface area contributed by atoms with Crippen molar-refractivity contribution in [1.29, 1.82) is 0 Å². The number of hydrogen-bond acceptors (Lipinski definition) is 4. The number of aromatic nitrogens is 1. The summed E-state index contributed by atoms with van der Waals surface area (Å²) in [6.45, 7) is 2.57. The van der Waals surface area contributed by atoms with Crippen molar-refractivity contribution in [2.75, 3.05) is 6.54 Å². The maximum absolute atomic E-state index is 12.9. The Morgan fingerprint density at radius 1 is 1.32 bits per heavy atom. The molecule has 3 rings (SSSR count). The van der Waals surface area contributed by atoms with Crippen molar-refractivity contribution >= 4 is 21.1 Å². The molecule has 2 aromatic rings. The number of nitrogens with zero attached hydrogens (tertiary/aromatic N) is 2. The number of oxazole rings is 1. The van der Waals surface area contributed by atoms with Gasteiger partial charge in [0.05, 0.1) is 10.4 Å². The van der Waals surface area contributed by atoms with E-state index in [0.717, 1.165) is 25.7 Å². The lowest BCUT2D eigenvalue weighted by Gasteiger charge is -2.34. The van der Waals surface area contributed by atoms with Gasteiger partial charge in [0, 0.05) is 25.7 Å². The smallest absolute Gasteiger partial charge is 0.408 e. The van der Waals surface area contributed by atoms with E-state index in [2.05, 4.69) is 0 Å². The number of sulfonamides is 1. The highest BCUT2D eigenvalue weighted by Crippen LogP contribution is 2.28. The molecule has 1 aliphatic heterocycles. The van der Waals surface area contributed by atoms with Crippen LogP contribution in [0.25, 0.3) is 11.1 Å². The van der Waals surface area contributed by atoms with Crippen molar-refractivity contribution in [2.45, 2.75) is 43.5 Å². The zero-order valence-corrected chi connectivity index (χ0v) is 13.6. The number of fused-ring (bicyclic) bond motifs is 1. The van der Waals surface area contributed by atoms with Crippen molar-refractivity contribution < 1.29 is 12.8 Å². The molecule has 1 unspecified atom stereocenters. The van der Waals surface area contributed by atoms with E-state index in [0.29, 0.717) is 17.6 Å². The lowest BCUT2D eigenvalue weighted by atomic mass is 10.0.